The van der Waals surface area contributed by atoms with E-state index in [-0.39, 0.29) is 0 Å². The minimum atomic E-state index is -0.496. The average molecular weight is 309 g/mol. The van der Waals surface area contributed by atoms with Gasteiger partial charge in [-0.2, -0.15) is 0 Å². The summed E-state index contributed by atoms with van der Waals surface area (Å²) in [5.74, 6) is 1.10. The lowest BCUT2D eigenvalue weighted by atomic mass is 9.47. The Kier molecular flexibility index (Phi) is 5.20. The highest BCUT2D eigenvalue weighted by atomic mass is 19.1. The molecule has 0 amide bonds. The Hall–Kier alpha value is -0.0700. The third kappa shape index (κ3) is 3.11. The Bertz CT molecular complexity index is 336. The van der Waals surface area contributed by atoms with Gasteiger partial charge in [0.15, 0.2) is 0 Å². The van der Waals surface area contributed by atoms with Crippen LogP contribution in [-0.4, -0.2) is 6.17 Å². The molecule has 4 aliphatic rings. The molecule has 22 heavy (non-hydrogen) atoms. The first-order valence-corrected chi connectivity index (χ1v) is 10.3. The van der Waals surface area contributed by atoms with E-state index < -0.39 is 6.17 Å². The highest BCUT2D eigenvalue weighted by molar-refractivity contribution is 5.03. The maximum Gasteiger partial charge on any atom is 0.103 e. The third-order valence-corrected chi connectivity index (χ3v) is 7.94. The normalized spacial score (nSPS) is 45.1. The summed E-state index contributed by atoms with van der Waals surface area (Å²) >= 11 is 0. The van der Waals surface area contributed by atoms with Crippen LogP contribution in [0.15, 0.2) is 0 Å². The standard InChI is InChI=1S/C21H37F/c1-3-5-6-17-7-8-18(16-19(17)22)21-13-10-20(9-4-2,11-14-21)12-15-21/h17-19H,3-16H2,1-2H3/t17-,18?,19-,20?,21?/m0/s1. The van der Waals surface area contributed by atoms with Crippen LogP contribution in [0.3, 0.4) is 0 Å². The van der Waals surface area contributed by atoms with Crippen LogP contribution in [0.1, 0.15) is 104 Å². The lowest BCUT2D eigenvalue weighted by molar-refractivity contribution is -0.0757. The molecular weight excluding hydrogens is 271 g/mol. The monoisotopic (exact) mass is 308 g/mol. The number of hydrogen-bond donors (Lipinski definition) is 0. The molecule has 0 aromatic carbocycles. The van der Waals surface area contributed by atoms with Crippen molar-refractivity contribution in [3.63, 3.8) is 0 Å². The second-order valence-electron chi connectivity index (χ2n) is 9.04. The first-order chi connectivity index (χ1) is 10.6. The molecule has 2 bridgehead atoms. The zero-order chi connectivity index (χ0) is 15.6. The molecule has 0 nitrogen and oxygen atoms in total. The van der Waals surface area contributed by atoms with Crippen LogP contribution < -0.4 is 0 Å². The summed E-state index contributed by atoms with van der Waals surface area (Å²) in [4.78, 5) is 0. The zero-order valence-corrected chi connectivity index (χ0v) is 15.0. The van der Waals surface area contributed by atoms with E-state index in [1.807, 2.05) is 0 Å². The van der Waals surface area contributed by atoms with Gasteiger partial charge in [-0.25, -0.2) is 4.39 Å². The topological polar surface area (TPSA) is 0 Å². The first-order valence-electron chi connectivity index (χ1n) is 10.3. The number of unbranched alkanes of at least 4 members (excludes halogenated alkanes) is 1. The van der Waals surface area contributed by atoms with Crippen LogP contribution in [0.2, 0.25) is 0 Å². The van der Waals surface area contributed by atoms with E-state index >= 15 is 0 Å². The van der Waals surface area contributed by atoms with Crippen LogP contribution >= 0.6 is 0 Å². The Labute approximate surface area is 137 Å². The van der Waals surface area contributed by atoms with Crippen molar-refractivity contribution in [2.24, 2.45) is 22.7 Å². The molecule has 1 unspecified atom stereocenters. The van der Waals surface area contributed by atoms with Crippen molar-refractivity contribution >= 4 is 0 Å². The van der Waals surface area contributed by atoms with E-state index in [4.69, 9.17) is 0 Å². The van der Waals surface area contributed by atoms with Gasteiger partial charge in [-0.05, 0) is 93.3 Å². The van der Waals surface area contributed by atoms with Crippen molar-refractivity contribution < 1.29 is 4.39 Å². The van der Waals surface area contributed by atoms with Gasteiger partial charge in [-0.15, -0.1) is 0 Å². The Morgan fingerprint density at radius 3 is 2.14 bits per heavy atom. The molecule has 1 heteroatoms. The van der Waals surface area contributed by atoms with Gasteiger partial charge in [0.05, 0.1) is 0 Å². The molecule has 0 heterocycles. The summed E-state index contributed by atoms with van der Waals surface area (Å²) in [7, 11) is 0. The van der Waals surface area contributed by atoms with E-state index in [1.54, 1.807) is 0 Å². The van der Waals surface area contributed by atoms with Crippen molar-refractivity contribution in [2.45, 2.75) is 110 Å². The minimum Gasteiger partial charge on any atom is -0.247 e. The van der Waals surface area contributed by atoms with Crippen molar-refractivity contribution in [3.05, 3.63) is 0 Å². The van der Waals surface area contributed by atoms with Gasteiger partial charge < -0.3 is 0 Å². The van der Waals surface area contributed by atoms with Gasteiger partial charge in [0.1, 0.15) is 6.17 Å². The van der Waals surface area contributed by atoms with E-state index in [1.165, 1.54) is 77.0 Å². The van der Waals surface area contributed by atoms with Gasteiger partial charge in [0.2, 0.25) is 0 Å². The first kappa shape index (κ1) is 16.8. The molecule has 4 rings (SSSR count). The van der Waals surface area contributed by atoms with Gasteiger partial charge in [0.25, 0.3) is 0 Å². The Morgan fingerprint density at radius 2 is 1.59 bits per heavy atom. The van der Waals surface area contributed by atoms with E-state index in [2.05, 4.69) is 13.8 Å². The summed E-state index contributed by atoms with van der Waals surface area (Å²) in [6, 6.07) is 0. The average Bonchev–Trinajstić information content (AvgIpc) is 2.55. The van der Waals surface area contributed by atoms with Crippen LogP contribution in [0.5, 0.6) is 0 Å². The highest BCUT2D eigenvalue weighted by Gasteiger charge is 2.52. The van der Waals surface area contributed by atoms with E-state index in [9.17, 15) is 4.39 Å². The fraction of sp³-hybridized carbons (Fsp3) is 1.00. The fourth-order valence-corrected chi connectivity index (χ4v) is 6.34. The SMILES string of the molecule is CCCC[C@H]1CCC(C23CCC(CCC)(CC2)CC3)C[C@@H]1F. The number of halogens is 1. The van der Waals surface area contributed by atoms with Crippen LogP contribution in [-0.2, 0) is 0 Å². The second kappa shape index (κ2) is 6.81. The summed E-state index contributed by atoms with van der Waals surface area (Å²) in [5.41, 5.74) is 1.25. The van der Waals surface area contributed by atoms with E-state index in [0.717, 1.165) is 12.8 Å². The lowest BCUT2D eigenvalue weighted by Crippen LogP contribution is -2.47. The quantitative estimate of drug-likeness (QED) is 0.492. The van der Waals surface area contributed by atoms with Gasteiger partial charge in [-0.1, -0.05) is 33.1 Å². The minimum absolute atomic E-state index is 0.388. The molecule has 128 valence electrons. The van der Waals surface area contributed by atoms with Crippen molar-refractivity contribution in [1.29, 1.82) is 0 Å². The largest absolute Gasteiger partial charge is 0.247 e. The van der Waals surface area contributed by atoms with Gasteiger partial charge in [0, 0.05) is 0 Å². The van der Waals surface area contributed by atoms with Crippen LogP contribution in [0.25, 0.3) is 0 Å². The fourth-order valence-electron chi connectivity index (χ4n) is 6.34. The van der Waals surface area contributed by atoms with E-state index in [0.29, 0.717) is 22.7 Å². The predicted molar refractivity (Wildman–Crippen MR) is 92.7 cm³/mol. The maximum atomic E-state index is 14.7. The van der Waals surface area contributed by atoms with Gasteiger partial charge in [-0.3, -0.25) is 0 Å². The molecule has 0 N–H and O–H groups in total. The second-order valence-corrected chi connectivity index (χ2v) is 9.04. The maximum absolute atomic E-state index is 14.7. The highest BCUT2D eigenvalue weighted by Crippen LogP contribution is 2.63. The lowest BCUT2D eigenvalue weighted by Gasteiger charge is -2.58. The number of rotatable bonds is 6. The molecule has 4 saturated carbocycles. The number of alkyl halides is 1. The van der Waals surface area contributed by atoms with Crippen molar-refractivity contribution in [2.75, 3.05) is 0 Å². The molecule has 0 spiro atoms. The summed E-state index contributed by atoms with van der Waals surface area (Å²) in [6.07, 6.45) is 17.9. The summed E-state index contributed by atoms with van der Waals surface area (Å²) in [5, 5.41) is 0. The van der Waals surface area contributed by atoms with Crippen LogP contribution in [0, 0.1) is 22.7 Å². The van der Waals surface area contributed by atoms with Crippen molar-refractivity contribution in [3.8, 4) is 0 Å². The third-order valence-electron chi connectivity index (χ3n) is 7.94. The van der Waals surface area contributed by atoms with Crippen LogP contribution in [0.4, 0.5) is 4.39 Å². The molecule has 4 fully saturated rings. The van der Waals surface area contributed by atoms with Crippen molar-refractivity contribution in [1.82, 2.24) is 0 Å². The molecule has 0 aromatic heterocycles. The summed E-state index contributed by atoms with van der Waals surface area (Å²) < 4.78 is 14.7. The predicted octanol–water partition coefficient (Wildman–Crippen LogP) is 7.07. The zero-order valence-electron chi connectivity index (χ0n) is 15.0. The number of fused-ring (bicyclic) bond motifs is 3. The molecule has 0 aromatic rings. The molecule has 0 aliphatic heterocycles. The number of hydrogen-bond acceptors (Lipinski definition) is 0. The smallest absolute Gasteiger partial charge is 0.103 e. The Balaban J connectivity index is 1.58. The molecule has 0 radical (unpaired) electrons. The molecule has 0 saturated heterocycles. The van der Waals surface area contributed by atoms with Gasteiger partial charge >= 0.3 is 0 Å². The Morgan fingerprint density at radius 1 is 0.909 bits per heavy atom. The molecule has 4 aliphatic carbocycles. The molecule has 3 atom stereocenters. The molecular formula is C21H37F. The summed E-state index contributed by atoms with van der Waals surface area (Å²) in [6.45, 7) is 4.57.